The third-order valence-corrected chi connectivity index (χ3v) is 7.47. The van der Waals surface area contributed by atoms with Gasteiger partial charge < -0.3 is 15.2 Å². The molecule has 8 nitrogen and oxygen atoms in total. The number of hydrazine groups is 1. The van der Waals surface area contributed by atoms with E-state index in [1.165, 1.54) is 42.5 Å². The Morgan fingerprint density at radius 3 is 2.60 bits per heavy atom. The molecule has 0 radical (unpaired) electrons. The highest BCUT2D eigenvalue weighted by Gasteiger charge is 2.52. The van der Waals surface area contributed by atoms with E-state index in [4.69, 9.17) is 4.74 Å². The van der Waals surface area contributed by atoms with Gasteiger partial charge in [0.15, 0.2) is 11.6 Å². The first-order chi connectivity index (χ1) is 19.8. The number of rotatable bonds is 6. The molecule has 2 aliphatic heterocycles. The number of nitrogens with zero attached hydrogens (tertiary/aromatic N) is 3. The van der Waals surface area contributed by atoms with Gasteiger partial charge in [0.1, 0.15) is 11.3 Å². The lowest BCUT2D eigenvalue weighted by Crippen LogP contribution is -2.60. The number of pyridine rings is 1. The zero-order valence-corrected chi connectivity index (χ0v) is 22.4. The fourth-order valence-corrected chi connectivity index (χ4v) is 5.28. The van der Waals surface area contributed by atoms with Crippen molar-refractivity contribution in [2.24, 2.45) is 0 Å². The van der Waals surface area contributed by atoms with Crippen LogP contribution in [0.25, 0.3) is 11.3 Å². The summed E-state index contributed by atoms with van der Waals surface area (Å²) in [6.07, 6.45) is -3.84. The molecule has 3 heterocycles. The average Bonchev–Trinajstić information content (AvgIpc) is 3.36. The number of aromatic nitrogens is 1. The van der Waals surface area contributed by atoms with Crippen LogP contribution in [-0.4, -0.2) is 51.1 Å². The van der Waals surface area contributed by atoms with E-state index in [1.807, 2.05) is 0 Å². The van der Waals surface area contributed by atoms with E-state index in [1.54, 1.807) is 6.92 Å². The van der Waals surface area contributed by atoms with Crippen LogP contribution in [0, 0.1) is 11.6 Å². The molecule has 0 spiro atoms. The lowest BCUT2D eigenvalue weighted by atomic mass is 9.90. The summed E-state index contributed by atoms with van der Waals surface area (Å²) in [6, 6.07) is 10.5. The van der Waals surface area contributed by atoms with Crippen LogP contribution in [0.3, 0.4) is 0 Å². The zero-order chi connectivity index (χ0) is 30.4. The largest absolute Gasteiger partial charge is 0.509 e. The number of fused-ring (bicyclic) bond motifs is 1. The molecule has 1 saturated heterocycles. The Bertz CT molecular complexity index is 1610. The minimum absolute atomic E-state index is 0.0426. The normalized spacial score (nSPS) is 19.2. The van der Waals surface area contributed by atoms with Crippen LogP contribution in [0.2, 0.25) is 0 Å². The van der Waals surface area contributed by atoms with Crippen molar-refractivity contribution in [1.29, 1.82) is 0 Å². The number of ether oxygens (including phenoxy) is 1. The van der Waals surface area contributed by atoms with Gasteiger partial charge in [-0.2, -0.15) is 13.2 Å². The molecule has 2 aliphatic rings. The van der Waals surface area contributed by atoms with Crippen molar-refractivity contribution in [2.75, 3.05) is 19.0 Å². The van der Waals surface area contributed by atoms with E-state index in [9.17, 15) is 36.6 Å². The van der Waals surface area contributed by atoms with Crippen LogP contribution in [0.5, 0.6) is 5.88 Å². The van der Waals surface area contributed by atoms with Gasteiger partial charge in [0.2, 0.25) is 5.88 Å². The number of aliphatic hydroxyl groups is 1. The highest BCUT2D eigenvalue weighted by atomic mass is 19.4. The van der Waals surface area contributed by atoms with Gasteiger partial charge >= 0.3 is 6.18 Å². The van der Waals surface area contributed by atoms with Crippen LogP contribution < -0.4 is 10.1 Å². The standard InChI is InChI=1S/C29H25F5N4O4/c1-28-12-5-13-38(28)37(15-16-6-3-7-19(30)24(16)31)27(41)23(25(28)39)26(40)36-21-11-10-17(29(32,33)34)14-18(21)20-8-4-9-22(35-20)42-2/h3-4,6-11,14,39H,5,12-13,15H2,1-2H3,(H,36,40)/t28-/m1/s1. The van der Waals surface area contributed by atoms with Gasteiger partial charge in [0.05, 0.1) is 36.1 Å². The van der Waals surface area contributed by atoms with Crippen LogP contribution in [0.4, 0.5) is 27.6 Å². The Morgan fingerprint density at radius 2 is 1.88 bits per heavy atom. The number of alkyl halides is 3. The first-order valence-electron chi connectivity index (χ1n) is 12.8. The van der Waals surface area contributed by atoms with Gasteiger partial charge in [-0.05, 0) is 50.1 Å². The Kier molecular flexibility index (Phi) is 7.39. The molecular weight excluding hydrogens is 563 g/mol. The zero-order valence-electron chi connectivity index (χ0n) is 22.4. The van der Waals surface area contributed by atoms with Gasteiger partial charge in [0.25, 0.3) is 11.8 Å². The predicted molar refractivity (Wildman–Crippen MR) is 141 cm³/mol. The summed E-state index contributed by atoms with van der Waals surface area (Å²) in [7, 11) is 1.33. The first kappa shape index (κ1) is 29.0. The molecule has 0 saturated carbocycles. The minimum Gasteiger partial charge on any atom is -0.509 e. The third kappa shape index (κ3) is 5.04. The summed E-state index contributed by atoms with van der Waals surface area (Å²) < 4.78 is 74.3. The summed E-state index contributed by atoms with van der Waals surface area (Å²) in [5.74, 6) is -4.78. The summed E-state index contributed by atoms with van der Waals surface area (Å²) >= 11 is 0. The number of halogens is 5. The van der Waals surface area contributed by atoms with Crippen molar-refractivity contribution >= 4 is 17.5 Å². The van der Waals surface area contributed by atoms with Crippen LogP contribution in [0.1, 0.15) is 30.9 Å². The second-order valence-corrected chi connectivity index (χ2v) is 10.1. The topological polar surface area (TPSA) is 95.0 Å². The summed E-state index contributed by atoms with van der Waals surface area (Å²) in [4.78, 5) is 31.5. The van der Waals surface area contributed by atoms with Crippen LogP contribution in [-0.2, 0) is 22.3 Å². The number of carbonyl (C=O) groups is 2. The second kappa shape index (κ2) is 10.7. The molecule has 1 fully saturated rings. The van der Waals surface area contributed by atoms with Gasteiger partial charge in [-0.15, -0.1) is 0 Å². The van der Waals surface area contributed by atoms with E-state index in [0.29, 0.717) is 19.4 Å². The number of methoxy groups -OCH3 is 1. The van der Waals surface area contributed by atoms with E-state index >= 15 is 0 Å². The number of hydrogen-bond acceptors (Lipinski definition) is 6. The van der Waals surface area contributed by atoms with Crippen LogP contribution >= 0.6 is 0 Å². The lowest BCUT2D eigenvalue weighted by molar-refractivity contribution is -0.160. The molecule has 13 heteroatoms. The Labute approximate surface area is 237 Å². The van der Waals surface area contributed by atoms with Crippen molar-refractivity contribution in [2.45, 2.75) is 38.0 Å². The average molecular weight is 589 g/mol. The highest BCUT2D eigenvalue weighted by Crippen LogP contribution is 2.42. The van der Waals surface area contributed by atoms with Gasteiger partial charge in [-0.25, -0.2) is 18.8 Å². The maximum atomic E-state index is 14.6. The van der Waals surface area contributed by atoms with Crippen molar-refractivity contribution in [3.63, 3.8) is 0 Å². The molecule has 220 valence electrons. The summed E-state index contributed by atoms with van der Waals surface area (Å²) in [5.41, 5.74) is -3.24. The molecule has 5 rings (SSSR count). The molecular formula is C29H25F5N4O4. The first-order valence-corrected chi connectivity index (χ1v) is 12.8. The monoisotopic (exact) mass is 588 g/mol. The summed E-state index contributed by atoms with van der Waals surface area (Å²) in [5, 5.41) is 16.3. The smallest absolute Gasteiger partial charge is 0.416 e. The maximum Gasteiger partial charge on any atom is 0.416 e. The molecule has 2 aromatic carbocycles. The molecule has 1 aromatic heterocycles. The quantitative estimate of drug-likeness (QED) is 0.287. The number of hydrogen-bond donors (Lipinski definition) is 2. The van der Waals surface area contributed by atoms with E-state index in [2.05, 4.69) is 10.3 Å². The van der Waals surface area contributed by atoms with Crippen molar-refractivity contribution in [3.8, 4) is 17.1 Å². The Hall–Kier alpha value is -4.52. The molecule has 0 bridgehead atoms. The number of carbonyl (C=O) groups excluding carboxylic acids is 2. The molecule has 2 amide bonds. The minimum atomic E-state index is -4.70. The SMILES string of the molecule is COc1cccc(-c2cc(C(F)(F)F)ccc2NC(=O)C2=C(O)[C@@]3(C)CCCN3N(Cc3cccc(F)c3F)C2=O)n1. The lowest BCUT2D eigenvalue weighted by Gasteiger charge is -2.46. The Balaban J connectivity index is 1.55. The highest BCUT2D eigenvalue weighted by molar-refractivity contribution is 6.24. The Morgan fingerprint density at radius 1 is 1.14 bits per heavy atom. The fraction of sp³-hybridized carbons (Fsp3) is 0.276. The number of amides is 2. The van der Waals surface area contributed by atoms with E-state index < -0.39 is 58.6 Å². The van der Waals surface area contributed by atoms with E-state index in [0.717, 1.165) is 29.3 Å². The number of benzene rings is 2. The molecule has 0 aliphatic carbocycles. The van der Waals surface area contributed by atoms with Gasteiger partial charge in [-0.3, -0.25) is 14.6 Å². The maximum absolute atomic E-state index is 14.6. The molecule has 2 N–H and O–H groups in total. The van der Waals surface area contributed by atoms with Crippen molar-refractivity contribution in [3.05, 3.63) is 88.7 Å². The van der Waals surface area contributed by atoms with Crippen LogP contribution in [0.15, 0.2) is 65.9 Å². The molecule has 42 heavy (non-hydrogen) atoms. The van der Waals surface area contributed by atoms with Crippen molar-refractivity contribution < 1.29 is 41.4 Å². The van der Waals surface area contributed by atoms with Gasteiger partial charge in [0, 0.05) is 23.7 Å². The van der Waals surface area contributed by atoms with Gasteiger partial charge in [-0.1, -0.05) is 18.2 Å². The van der Waals surface area contributed by atoms with E-state index in [-0.39, 0.29) is 28.4 Å². The number of aliphatic hydroxyl groups excluding tert-OH is 1. The molecule has 3 aromatic rings. The van der Waals surface area contributed by atoms with Crippen molar-refractivity contribution in [1.82, 2.24) is 15.0 Å². The number of anilines is 1. The molecule has 1 atom stereocenters. The third-order valence-electron chi connectivity index (χ3n) is 7.47. The second-order valence-electron chi connectivity index (χ2n) is 10.1. The molecule has 0 unspecified atom stereocenters. The predicted octanol–water partition coefficient (Wildman–Crippen LogP) is 5.62. The fourth-order valence-electron chi connectivity index (χ4n) is 5.28. The number of nitrogens with one attached hydrogen (secondary N) is 1. The summed E-state index contributed by atoms with van der Waals surface area (Å²) in [6.45, 7) is 1.47.